The third-order valence-corrected chi connectivity index (χ3v) is 1.12. The number of nitrogens with two attached hydrogens (primary N) is 1. The summed E-state index contributed by atoms with van der Waals surface area (Å²) in [5, 5.41) is 0. The lowest BCUT2D eigenvalue weighted by Crippen LogP contribution is -2.75. The number of hydrogen-bond acceptors (Lipinski definition) is 1. The molecule has 1 aromatic rings. The van der Waals surface area contributed by atoms with Gasteiger partial charge in [-0.15, -0.1) is 0 Å². The van der Waals surface area contributed by atoms with Crippen LogP contribution in [-0.2, 0) is 4.84 Å². The summed E-state index contributed by atoms with van der Waals surface area (Å²) in [6.07, 6.45) is 0. The van der Waals surface area contributed by atoms with Crippen molar-refractivity contribution >= 4 is 5.69 Å². The van der Waals surface area contributed by atoms with Gasteiger partial charge in [0.25, 0.3) is 0 Å². The van der Waals surface area contributed by atoms with Gasteiger partial charge in [0, 0.05) is 12.1 Å². The Bertz CT molecular complexity index is 197. The average Bonchev–Trinajstić information content (AvgIpc) is 1.95. The second-order valence-electron chi connectivity index (χ2n) is 1.91. The van der Waals surface area contributed by atoms with Gasteiger partial charge in [-0.1, -0.05) is 0 Å². The highest BCUT2D eigenvalue weighted by molar-refractivity contribution is 5.27. The molecule has 0 heterocycles. The van der Waals surface area contributed by atoms with Gasteiger partial charge in [0.15, 0.2) is 5.69 Å². The van der Waals surface area contributed by atoms with Crippen LogP contribution >= 0.6 is 0 Å². The lowest BCUT2D eigenvalue weighted by molar-refractivity contribution is -0.830. The zero-order chi connectivity index (χ0) is 7.40. The van der Waals surface area contributed by atoms with Gasteiger partial charge in [0.05, 0.1) is 7.11 Å². The minimum absolute atomic E-state index is 0.228. The molecule has 0 radical (unpaired) electrons. The summed E-state index contributed by atoms with van der Waals surface area (Å²) in [7, 11) is 1.56. The summed E-state index contributed by atoms with van der Waals surface area (Å²) in [5.41, 5.74) is 2.42. The van der Waals surface area contributed by atoms with Gasteiger partial charge < -0.3 is 0 Å². The number of hydrogen-bond donors (Lipinski definition) is 1. The Morgan fingerprint density at radius 3 is 2.40 bits per heavy atom. The second-order valence-corrected chi connectivity index (χ2v) is 1.91. The molecule has 0 aliphatic carbocycles. The van der Waals surface area contributed by atoms with E-state index in [0.717, 1.165) is 5.69 Å². The van der Waals surface area contributed by atoms with Crippen LogP contribution in [0.4, 0.5) is 10.1 Å². The normalized spacial score (nSPS) is 9.80. The smallest absolute Gasteiger partial charge is 0.162 e. The van der Waals surface area contributed by atoms with E-state index in [2.05, 4.69) is 0 Å². The first-order valence-electron chi connectivity index (χ1n) is 2.94. The topological polar surface area (TPSA) is 25.8 Å². The first-order valence-corrected chi connectivity index (χ1v) is 2.94. The number of benzene rings is 1. The molecule has 2 N–H and O–H groups in total. The van der Waals surface area contributed by atoms with Crippen LogP contribution in [0.1, 0.15) is 0 Å². The molecule has 1 rings (SSSR count). The van der Waals surface area contributed by atoms with Crippen molar-refractivity contribution in [3.63, 3.8) is 0 Å². The van der Waals surface area contributed by atoms with Crippen molar-refractivity contribution in [1.29, 1.82) is 0 Å². The van der Waals surface area contributed by atoms with E-state index < -0.39 is 0 Å². The molecule has 2 nitrogen and oxygen atoms in total. The van der Waals surface area contributed by atoms with E-state index in [1.807, 2.05) is 0 Å². The molecule has 0 aliphatic rings. The average molecular weight is 142 g/mol. The monoisotopic (exact) mass is 142 g/mol. The van der Waals surface area contributed by atoms with Crippen LogP contribution in [0.2, 0.25) is 0 Å². The van der Waals surface area contributed by atoms with Crippen LogP contribution in [0.25, 0.3) is 0 Å². The van der Waals surface area contributed by atoms with Crippen molar-refractivity contribution in [1.82, 2.24) is 0 Å². The predicted octanol–water partition coefficient (Wildman–Crippen LogP) is 0.582. The van der Waals surface area contributed by atoms with E-state index in [1.54, 1.807) is 24.7 Å². The summed E-state index contributed by atoms with van der Waals surface area (Å²) in [5.74, 6) is -0.228. The molecule has 0 spiro atoms. The minimum atomic E-state index is -0.228. The standard InChI is InChI=1S/C7H8FNO/c1-10-9-7-4-2-6(8)3-5-7/h2-5,9H,1H3/p+1. The van der Waals surface area contributed by atoms with E-state index in [1.165, 1.54) is 12.1 Å². The Balaban J connectivity index is 2.69. The van der Waals surface area contributed by atoms with Gasteiger partial charge in [-0.25, -0.2) is 9.23 Å². The summed E-state index contributed by atoms with van der Waals surface area (Å²) in [4.78, 5) is 4.72. The second kappa shape index (κ2) is 3.29. The molecular formula is C7H9FNO+. The minimum Gasteiger partial charge on any atom is -0.207 e. The highest BCUT2D eigenvalue weighted by atomic mass is 19.1. The van der Waals surface area contributed by atoms with Crippen molar-refractivity contribution in [3.8, 4) is 0 Å². The zero-order valence-electron chi connectivity index (χ0n) is 5.67. The molecule has 54 valence electrons. The van der Waals surface area contributed by atoms with E-state index >= 15 is 0 Å². The van der Waals surface area contributed by atoms with Gasteiger partial charge in [0.2, 0.25) is 0 Å². The molecule has 1 aromatic carbocycles. The van der Waals surface area contributed by atoms with Crippen LogP contribution < -0.4 is 5.48 Å². The lowest BCUT2D eigenvalue weighted by Gasteiger charge is -1.93. The highest BCUT2D eigenvalue weighted by Crippen LogP contribution is 2.01. The van der Waals surface area contributed by atoms with Crippen molar-refractivity contribution < 1.29 is 14.7 Å². The lowest BCUT2D eigenvalue weighted by atomic mass is 10.3. The number of quaternary nitrogens is 1. The quantitative estimate of drug-likeness (QED) is 0.474. The van der Waals surface area contributed by atoms with Crippen LogP contribution in [0.5, 0.6) is 0 Å². The van der Waals surface area contributed by atoms with E-state index in [-0.39, 0.29) is 5.82 Å². The molecule has 0 saturated carbocycles. The third kappa shape index (κ3) is 1.79. The fourth-order valence-corrected chi connectivity index (χ4v) is 0.677. The van der Waals surface area contributed by atoms with Crippen molar-refractivity contribution in [2.24, 2.45) is 0 Å². The Morgan fingerprint density at radius 2 is 1.90 bits per heavy atom. The van der Waals surface area contributed by atoms with Crippen LogP contribution in [0.3, 0.4) is 0 Å². The Hall–Kier alpha value is -0.930. The van der Waals surface area contributed by atoms with Gasteiger partial charge in [-0.2, -0.15) is 5.48 Å². The Labute approximate surface area is 58.6 Å². The molecule has 0 unspecified atom stereocenters. The molecule has 10 heavy (non-hydrogen) atoms. The van der Waals surface area contributed by atoms with E-state index in [0.29, 0.717) is 0 Å². The summed E-state index contributed by atoms with van der Waals surface area (Å²) < 4.78 is 12.3. The first-order chi connectivity index (χ1) is 4.83. The largest absolute Gasteiger partial charge is 0.207 e. The summed E-state index contributed by atoms with van der Waals surface area (Å²) >= 11 is 0. The van der Waals surface area contributed by atoms with E-state index in [4.69, 9.17) is 4.84 Å². The molecule has 3 heteroatoms. The van der Waals surface area contributed by atoms with Gasteiger partial charge >= 0.3 is 0 Å². The van der Waals surface area contributed by atoms with Gasteiger partial charge in [0.1, 0.15) is 5.82 Å². The maximum absolute atomic E-state index is 12.3. The molecular weight excluding hydrogens is 133 g/mol. The van der Waals surface area contributed by atoms with E-state index in [9.17, 15) is 4.39 Å². The molecule has 0 amide bonds. The molecule has 0 aromatic heterocycles. The third-order valence-electron chi connectivity index (χ3n) is 1.12. The fraction of sp³-hybridized carbons (Fsp3) is 0.143. The van der Waals surface area contributed by atoms with Gasteiger partial charge in [-0.3, -0.25) is 0 Å². The number of rotatable bonds is 2. The fourth-order valence-electron chi connectivity index (χ4n) is 0.677. The molecule has 0 atom stereocenters. The van der Waals surface area contributed by atoms with Crippen LogP contribution in [0, 0.1) is 5.82 Å². The van der Waals surface area contributed by atoms with Gasteiger partial charge in [-0.05, 0) is 12.1 Å². The molecule has 0 fully saturated rings. The highest BCUT2D eigenvalue weighted by Gasteiger charge is 1.94. The Kier molecular flexibility index (Phi) is 2.36. The van der Waals surface area contributed by atoms with Crippen molar-refractivity contribution in [2.45, 2.75) is 0 Å². The number of halogens is 1. The molecule has 0 aliphatic heterocycles. The SMILES string of the molecule is CO[NH2+]c1ccc(F)cc1. The maximum atomic E-state index is 12.3. The summed E-state index contributed by atoms with van der Waals surface area (Å²) in [6, 6.07) is 6.09. The van der Waals surface area contributed by atoms with Crippen molar-refractivity contribution in [3.05, 3.63) is 30.1 Å². The maximum Gasteiger partial charge on any atom is 0.162 e. The molecule has 0 bridgehead atoms. The first kappa shape index (κ1) is 7.18. The zero-order valence-corrected chi connectivity index (χ0v) is 5.67. The van der Waals surface area contributed by atoms with Crippen LogP contribution in [-0.4, -0.2) is 7.11 Å². The summed E-state index contributed by atoms with van der Waals surface area (Å²) in [6.45, 7) is 0. The van der Waals surface area contributed by atoms with Crippen LogP contribution in [0.15, 0.2) is 24.3 Å². The predicted molar refractivity (Wildman–Crippen MR) is 35.0 cm³/mol. The Morgan fingerprint density at radius 1 is 1.30 bits per heavy atom. The van der Waals surface area contributed by atoms with Crippen molar-refractivity contribution in [2.75, 3.05) is 7.11 Å². The molecule has 0 saturated heterocycles.